The van der Waals surface area contributed by atoms with E-state index >= 15 is 0 Å². The second-order valence-corrected chi connectivity index (χ2v) is 6.19. The summed E-state index contributed by atoms with van der Waals surface area (Å²) < 4.78 is 0. The van der Waals surface area contributed by atoms with Crippen molar-refractivity contribution in [3.8, 4) is 0 Å². The zero-order valence-electron chi connectivity index (χ0n) is 11.9. The van der Waals surface area contributed by atoms with Crippen LogP contribution in [0.3, 0.4) is 0 Å². The Labute approximate surface area is 110 Å². The third kappa shape index (κ3) is 3.87. The molecule has 0 unspecified atom stereocenters. The average molecular weight is 253 g/mol. The van der Waals surface area contributed by atoms with Crippen molar-refractivity contribution < 1.29 is 4.79 Å². The number of hydrogen-bond donors (Lipinski definition) is 2. The molecule has 0 bridgehead atoms. The molecule has 0 aromatic heterocycles. The molecular formula is C14H27N3O. The highest BCUT2D eigenvalue weighted by atomic mass is 16.2. The van der Waals surface area contributed by atoms with Gasteiger partial charge in [-0.2, -0.15) is 0 Å². The molecule has 0 spiro atoms. The lowest BCUT2D eigenvalue weighted by molar-refractivity contribution is 0.184. The van der Waals surface area contributed by atoms with Crippen LogP contribution in [0.2, 0.25) is 0 Å². The molecule has 104 valence electrons. The number of nitrogens with one attached hydrogen (secondary N) is 2. The Hall–Kier alpha value is -0.770. The van der Waals surface area contributed by atoms with Crippen molar-refractivity contribution in [2.24, 2.45) is 5.92 Å². The Kier molecular flexibility index (Phi) is 4.49. The molecular weight excluding hydrogens is 226 g/mol. The van der Waals surface area contributed by atoms with Crippen molar-refractivity contribution in [2.45, 2.75) is 64.6 Å². The fraction of sp³-hybridized carbons (Fsp3) is 0.929. The number of amides is 2. The molecule has 1 atom stereocenters. The number of carbonyl (C=O) groups excluding carboxylic acids is 1. The summed E-state index contributed by atoms with van der Waals surface area (Å²) in [5.74, 6) is 0.479. The van der Waals surface area contributed by atoms with Gasteiger partial charge < -0.3 is 15.5 Å². The van der Waals surface area contributed by atoms with Crippen molar-refractivity contribution >= 4 is 6.03 Å². The van der Waals surface area contributed by atoms with Gasteiger partial charge in [-0.25, -0.2) is 4.79 Å². The first-order valence-corrected chi connectivity index (χ1v) is 7.37. The lowest BCUT2D eigenvalue weighted by Crippen LogP contribution is -2.50. The number of hydrogen-bond acceptors (Lipinski definition) is 2. The van der Waals surface area contributed by atoms with Crippen LogP contribution < -0.4 is 10.6 Å². The van der Waals surface area contributed by atoms with Crippen LogP contribution in [-0.2, 0) is 0 Å². The van der Waals surface area contributed by atoms with E-state index in [2.05, 4.69) is 36.3 Å². The molecule has 1 saturated heterocycles. The molecule has 0 aromatic carbocycles. The van der Waals surface area contributed by atoms with Gasteiger partial charge in [0, 0.05) is 31.2 Å². The summed E-state index contributed by atoms with van der Waals surface area (Å²) in [4.78, 5) is 14.4. The molecule has 1 saturated carbocycles. The summed E-state index contributed by atoms with van der Waals surface area (Å²) in [5, 5.41) is 6.12. The maximum absolute atomic E-state index is 11.8. The van der Waals surface area contributed by atoms with E-state index < -0.39 is 0 Å². The van der Waals surface area contributed by atoms with Gasteiger partial charge in [0.05, 0.1) is 0 Å². The molecule has 2 N–H and O–H groups in total. The average Bonchev–Trinajstić information content (AvgIpc) is 3.13. The zero-order chi connectivity index (χ0) is 13.1. The van der Waals surface area contributed by atoms with Gasteiger partial charge in [0.1, 0.15) is 0 Å². The van der Waals surface area contributed by atoms with Crippen LogP contribution in [0.1, 0.15) is 46.5 Å². The molecule has 0 aromatic rings. The largest absolute Gasteiger partial charge is 0.335 e. The van der Waals surface area contributed by atoms with E-state index in [1.165, 1.54) is 12.8 Å². The van der Waals surface area contributed by atoms with Gasteiger partial charge in [-0.15, -0.1) is 0 Å². The lowest BCUT2D eigenvalue weighted by Gasteiger charge is -2.32. The molecule has 1 aliphatic heterocycles. The quantitative estimate of drug-likeness (QED) is 0.804. The monoisotopic (exact) mass is 253 g/mol. The Morgan fingerprint density at radius 3 is 2.22 bits per heavy atom. The molecule has 1 aliphatic carbocycles. The molecule has 18 heavy (non-hydrogen) atoms. The number of nitrogens with zero attached hydrogens (tertiary/aromatic N) is 1. The van der Waals surface area contributed by atoms with E-state index in [0.29, 0.717) is 12.0 Å². The van der Waals surface area contributed by atoms with Gasteiger partial charge in [-0.3, -0.25) is 0 Å². The van der Waals surface area contributed by atoms with Gasteiger partial charge in [0.15, 0.2) is 0 Å². The van der Waals surface area contributed by atoms with Crippen molar-refractivity contribution in [1.29, 1.82) is 0 Å². The van der Waals surface area contributed by atoms with Crippen molar-refractivity contribution in [3.63, 3.8) is 0 Å². The predicted octanol–water partition coefficient (Wildman–Crippen LogP) is 1.96. The van der Waals surface area contributed by atoms with E-state index in [9.17, 15) is 4.79 Å². The van der Waals surface area contributed by atoms with Crippen molar-refractivity contribution in [3.05, 3.63) is 0 Å². The second kappa shape index (κ2) is 5.91. The van der Waals surface area contributed by atoms with Gasteiger partial charge in [0.2, 0.25) is 0 Å². The molecule has 2 rings (SSSR count). The Morgan fingerprint density at radius 1 is 1.11 bits per heavy atom. The summed E-state index contributed by atoms with van der Waals surface area (Å²) in [6.07, 6.45) is 4.95. The first-order chi connectivity index (χ1) is 8.56. The molecule has 2 amide bonds. The first-order valence-electron chi connectivity index (χ1n) is 7.37. The number of urea groups is 1. The SMILES string of the molecule is CC(C)[C@H](C)NC(=O)NC1CCN(C2CC2)CC1. The zero-order valence-corrected chi connectivity index (χ0v) is 11.9. The standard InChI is InChI=1S/C14H27N3O/c1-10(2)11(3)15-14(18)16-12-6-8-17(9-7-12)13-4-5-13/h10-13H,4-9H2,1-3H3,(H2,15,16,18)/t11-/m0/s1. The predicted molar refractivity (Wildman–Crippen MR) is 73.6 cm³/mol. The van der Waals surface area contributed by atoms with E-state index in [1.54, 1.807) is 0 Å². The number of piperidine rings is 1. The maximum atomic E-state index is 11.8. The molecule has 4 heteroatoms. The van der Waals surface area contributed by atoms with Crippen LogP contribution in [0, 0.1) is 5.92 Å². The van der Waals surface area contributed by atoms with Gasteiger partial charge in [-0.05, 0) is 38.5 Å². The van der Waals surface area contributed by atoms with Crippen LogP contribution in [-0.4, -0.2) is 42.1 Å². The number of carbonyl (C=O) groups is 1. The topological polar surface area (TPSA) is 44.4 Å². The molecule has 1 heterocycles. The van der Waals surface area contributed by atoms with Gasteiger partial charge in [0.25, 0.3) is 0 Å². The maximum Gasteiger partial charge on any atom is 0.315 e. The van der Waals surface area contributed by atoms with Crippen molar-refractivity contribution in [2.75, 3.05) is 13.1 Å². The van der Waals surface area contributed by atoms with Gasteiger partial charge >= 0.3 is 6.03 Å². The van der Waals surface area contributed by atoms with E-state index in [1.807, 2.05) is 0 Å². The third-order valence-corrected chi connectivity index (χ3v) is 4.29. The summed E-state index contributed by atoms with van der Waals surface area (Å²) in [7, 11) is 0. The highest BCUT2D eigenvalue weighted by Crippen LogP contribution is 2.29. The third-order valence-electron chi connectivity index (χ3n) is 4.29. The lowest BCUT2D eigenvalue weighted by atomic mass is 10.0. The Morgan fingerprint density at radius 2 is 1.72 bits per heavy atom. The number of rotatable bonds is 4. The summed E-state index contributed by atoms with van der Waals surface area (Å²) in [5.41, 5.74) is 0. The molecule has 2 aliphatic rings. The van der Waals surface area contributed by atoms with E-state index in [0.717, 1.165) is 32.0 Å². The van der Waals surface area contributed by atoms with Crippen LogP contribution in [0.25, 0.3) is 0 Å². The fourth-order valence-corrected chi connectivity index (χ4v) is 2.45. The van der Waals surface area contributed by atoms with Gasteiger partial charge in [-0.1, -0.05) is 13.8 Å². The van der Waals surface area contributed by atoms with Crippen LogP contribution >= 0.6 is 0 Å². The molecule has 2 fully saturated rings. The summed E-state index contributed by atoms with van der Waals surface area (Å²) >= 11 is 0. The summed E-state index contributed by atoms with van der Waals surface area (Å²) in [6, 6.07) is 1.46. The molecule has 4 nitrogen and oxygen atoms in total. The first kappa shape index (κ1) is 13.7. The van der Waals surface area contributed by atoms with Crippen LogP contribution in [0.5, 0.6) is 0 Å². The van der Waals surface area contributed by atoms with Crippen LogP contribution in [0.15, 0.2) is 0 Å². The smallest absolute Gasteiger partial charge is 0.315 e. The minimum Gasteiger partial charge on any atom is -0.335 e. The molecule has 0 radical (unpaired) electrons. The minimum absolute atomic E-state index is 0.000993. The normalized spacial score (nSPS) is 24.0. The highest BCUT2D eigenvalue weighted by Gasteiger charge is 2.32. The Bertz CT molecular complexity index is 281. The highest BCUT2D eigenvalue weighted by molar-refractivity contribution is 5.74. The number of likely N-dealkylation sites (tertiary alicyclic amines) is 1. The van der Waals surface area contributed by atoms with Crippen molar-refractivity contribution in [1.82, 2.24) is 15.5 Å². The van der Waals surface area contributed by atoms with E-state index in [4.69, 9.17) is 0 Å². The fourth-order valence-electron chi connectivity index (χ4n) is 2.45. The van der Waals surface area contributed by atoms with E-state index in [-0.39, 0.29) is 12.1 Å². The Balaban J connectivity index is 1.65. The van der Waals surface area contributed by atoms with Crippen LogP contribution in [0.4, 0.5) is 4.79 Å². The second-order valence-electron chi connectivity index (χ2n) is 6.19. The summed E-state index contributed by atoms with van der Waals surface area (Å²) in [6.45, 7) is 8.60. The minimum atomic E-state index is 0.000993.